The maximum absolute atomic E-state index is 10.6. The first-order valence-corrected chi connectivity index (χ1v) is 5.14. The van der Waals surface area contributed by atoms with E-state index < -0.39 is 4.92 Å². The van der Waals surface area contributed by atoms with Crippen molar-refractivity contribution in [2.75, 3.05) is 5.73 Å². The highest BCUT2D eigenvalue weighted by Crippen LogP contribution is 2.31. The Hall–Kier alpha value is -2.41. The molecule has 1 aromatic heterocycles. The Balaban J connectivity index is 2.33. The van der Waals surface area contributed by atoms with E-state index in [1.165, 1.54) is 30.5 Å². The SMILES string of the molecule is Nc1nccc(Oc2cc([N+](=O)[O-])ccc2Cl)n1. The minimum absolute atomic E-state index is 0.0362. The second kappa shape index (κ2) is 4.84. The molecule has 2 N–H and O–H groups in total. The van der Waals surface area contributed by atoms with Gasteiger partial charge in [0, 0.05) is 18.3 Å². The topological polar surface area (TPSA) is 104 Å². The van der Waals surface area contributed by atoms with Crippen molar-refractivity contribution < 1.29 is 9.66 Å². The smallest absolute Gasteiger partial charge is 0.273 e. The van der Waals surface area contributed by atoms with Gasteiger partial charge in [-0.15, -0.1) is 0 Å². The maximum Gasteiger partial charge on any atom is 0.273 e. The van der Waals surface area contributed by atoms with Gasteiger partial charge in [0.1, 0.15) is 0 Å². The van der Waals surface area contributed by atoms with Crippen LogP contribution in [0.2, 0.25) is 5.02 Å². The molecule has 0 aliphatic heterocycles. The van der Waals surface area contributed by atoms with Gasteiger partial charge in [0.05, 0.1) is 16.0 Å². The molecule has 92 valence electrons. The third kappa shape index (κ3) is 2.64. The minimum Gasteiger partial charge on any atom is -0.437 e. The van der Waals surface area contributed by atoms with Crippen molar-refractivity contribution in [3.8, 4) is 11.6 Å². The van der Waals surface area contributed by atoms with Crippen LogP contribution in [0.1, 0.15) is 0 Å². The van der Waals surface area contributed by atoms with Gasteiger partial charge in [-0.1, -0.05) is 11.6 Å². The van der Waals surface area contributed by atoms with Crippen LogP contribution >= 0.6 is 11.6 Å². The number of hydrogen-bond donors (Lipinski definition) is 1. The first-order chi connectivity index (χ1) is 8.56. The zero-order valence-electron chi connectivity index (χ0n) is 8.91. The van der Waals surface area contributed by atoms with Crippen molar-refractivity contribution in [1.82, 2.24) is 9.97 Å². The highest BCUT2D eigenvalue weighted by molar-refractivity contribution is 6.32. The van der Waals surface area contributed by atoms with E-state index in [1.54, 1.807) is 0 Å². The van der Waals surface area contributed by atoms with Crippen molar-refractivity contribution in [3.63, 3.8) is 0 Å². The Morgan fingerprint density at radius 3 is 2.83 bits per heavy atom. The van der Waals surface area contributed by atoms with E-state index in [9.17, 15) is 10.1 Å². The molecule has 2 rings (SSSR count). The van der Waals surface area contributed by atoms with Crippen molar-refractivity contribution in [2.24, 2.45) is 0 Å². The maximum atomic E-state index is 10.6. The monoisotopic (exact) mass is 266 g/mol. The quantitative estimate of drug-likeness (QED) is 0.676. The van der Waals surface area contributed by atoms with Gasteiger partial charge < -0.3 is 10.5 Å². The van der Waals surface area contributed by atoms with Crippen LogP contribution in [0.3, 0.4) is 0 Å². The largest absolute Gasteiger partial charge is 0.437 e. The molecule has 0 unspecified atom stereocenters. The highest BCUT2D eigenvalue weighted by Gasteiger charge is 2.12. The Bertz CT molecular complexity index is 605. The molecule has 0 fully saturated rings. The van der Waals surface area contributed by atoms with Crippen LogP contribution in [0, 0.1) is 10.1 Å². The lowest BCUT2D eigenvalue weighted by molar-refractivity contribution is -0.384. The number of benzene rings is 1. The molecule has 8 heteroatoms. The lowest BCUT2D eigenvalue weighted by atomic mass is 10.3. The number of nitrogens with two attached hydrogens (primary N) is 1. The van der Waals surface area contributed by atoms with E-state index in [2.05, 4.69) is 9.97 Å². The fourth-order valence-corrected chi connectivity index (χ4v) is 1.37. The molecule has 1 aromatic carbocycles. The van der Waals surface area contributed by atoms with Gasteiger partial charge in [0.25, 0.3) is 5.69 Å². The number of ether oxygens (including phenoxy) is 1. The summed E-state index contributed by atoms with van der Waals surface area (Å²) in [7, 11) is 0. The molecule has 0 aliphatic rings. The summed E-state index contributed by atoms with van der Waals surface area (Å²) in [6.07, 6.45) is 1.41. The third-order valence-corrected chi connectivity index (χ3v) is 2.30. The van der Waals surface area contributed by atoms with Crippen molar-refractivity contribution in [1.29, 1.82) is 0 Å². The summed E-state index contributed by atoms with van der Waals surface area (Å²) in [5.74, 6) is 0.322. The number of nitro benzene ring substituents is 1. The summed E-state index contributed by atoms with van der Waals surface area (Å²) in [6.45, 7) is 0. The standard InChI is InChI=1S/C10H7ClN4O3/c11-7-2-1-6(15(16)17)5-8(7)18-9-3-4-13-10(12)14-9/h1-5H,(H2,12,13,14). The molecule has 0 atom stereocenters. The van der Waals surface area contributed by atoms with Gasteiger partial charge in [0.15, 0.2) is 5.75 Å². The van der Waals surface area contributed by atoms with Gasteiger partial charge in [-0.2, -0.15) is 4.98 Å². The van der Waals surface area contributed by atoms with Crippen LogP contribution in [0.25, 0.3) is 0 Å². The number of nitrogen functional groups attached to an aromatic ring is 1. The molecule has 18 heavy (non-hydrogen) atoms. The summed E-state index contributed by atoms with van der Waals surface area (Å²) < 4.78 is 5.31. The van der Waals surface area contributed by atoms with Crippen molar-refractivity contribution in [2.45, 2.75) is 0 Å². The number of non-ortho nitro benzene ring substituents is 1. The van der Waals surface area contributed by atoms with E-state index in [4.69, 9.17) is 22.1 Å². The predicted molar refractivity (Wildman–Crippen MR) is 64.6 cm³/mol. The van der Waals surface area contributed by atoms with Crippen LogP contribution in [0.5, 0.6) is 11.6 Å². The van der Waals surface area contributed by atoms with E-state index in [-0.39, 0.29) is 28.3 Å². The Morgan fingerprint density at radius 2 is 2.17 bits per heavy atom. The molecule has 0 amide bonds. The number of aromatic nitrogens is 2. The number of rotatable bonds is 3. The summed E-state index contributed by atoms with van der Waals surface area (Å²) in [5, 5.41) is 10.9. The molecule has 0 bridgehead atoms. The van der Waals surface area contributed by atoms with E-state index in [0.717, 1.165) is 0 Å². The molecule has 0 aliphatic carbocycles. The summed E-state index contributed by atoms with van der Waals surface area (Å²) in [5.41, 5.74) is 5.26. The number of halogens is 1. The summed E-state index contributed by atoms with van der Waals surface area (Å²) in [6, 6.07) is 5.33. The first-order valence-electron chi connectivity index (χ1n) is 4.76. The Kier molecular flexibility index (Phi) is 3.24. The molecule has 7 nitrogen and oxygen atoms in total. The molecule has 0 spiro atoms. The van der Waals surface area contributed by atoms with Gasteiger partial charge in [0.2, 0.25) is 11.8 Å². The lowest BCUT2D eigenvalue weighted by Crippen LogP contribution is -1.96. The van der Waals surface area contributed by atoms with Crippen LogP contribution in [-0.4, -0.2) is 14.9 Å². The second-order valence-corrected chi connectivity index (χ2v) is 3.63. The van der Waals surface area contributed by atoms with Gasteiger partial charge in [-0.3, -0.25) is 10.1 Å². The van der Waals surface area contributed by atoms with Gasteiger partial charge in [-0.25, -0.2) is 4.98 Å². The Morgan fingerprint density at radius 1 is 1.39 bits per heavy atom. The van der Waals surface area contributed by atoms with Crippen LogP contribution in [0.4, 0.5) is 11.6 Å². The molecular formula is C10H7ClN4O3. The van der Waals surface area contributed by atoms with Crippen LogP contribution < -0.4 is 10.5 Å². The average molecular weight is 267 g/mol. The third-order valence-electron chi connectivity index (χ3n) is 1.99. The summed E-state index contributed by atoms with van der Waals surface area (Å²) in [4.78, 5) is 17.6. The zero-order valence-corrected chi connectivity index (χ0v) is 9.66. The number of nitro groups is 1. The highest BCUT2D eigenvalue weighted by atomic mass is 35.5. The average Bonchev–Trinajstić information content (AvgIpc) is 2.31. The molecule has 0 saturated heterocycles. The Labute approximate surface area is 106 Å². The summed E-state index contributed by atoms with van der Waals surface area (Å²) >= 11 is 5.87. The molecule has 1 heterocycles. The fourth-order valence-electron chi connectivity index (χ4n) is 1.21. The number of hydrogen-bond acceptors (Lipinski definition) is 6. The van der Waals surface area contributed by atoms with E-state index in [1.807, 2.05) is 0 Å². The first kappa shape index (κ1) is 12.1. The van der Waals surface area contributed by atoms with E-state index in [0.29, 0.717) is 0 Å². The van der Waals surface area contributed by atoms with Crippen molar-refractivity contribution in [3.05, 3.63) is 45.6 Å². The van der Waals surface area contributed by atoms with Gasteiger partial charge in [-0.05, 0) is 6.07 Å². The molecular weight excluding hydrogens is 260 g/mol. The predicted octanol–water partition coefficient (Wildman–Crippen LogP) is 2.41. The normalized spacial score (nSPS) is 10.1. The van der Waals surface area contributed by atoms with Gasteiger partial charge >= 0.3 is 0 Å². The molecule has 2 aromatic rings. The van der Waals surface area contributed by atoms with Crippen molar-refractivity contribution >= 4 is 23.2 Å². The second-order valence-electron chi connectivity index (χ2n) is 3.23. The number of anilines is 1. The lowest BCUT2D eigenvalue weighted by Gasteiger charge is -2.06. The number of nitrogens with zero attached hydrogens (tertiary/aromatic N) is 3. The van der Waals surface area contributed by atoms with Crippen LogP contribution in [-0.2, 0) is 0 Å². The molecule has 0 radical (unpaired) electrons. The zero-order chi connectivity index (χ0) is 13.1. The van der Waals surface area contributed by atoms with E-state index >= 15 is 0 Å². The molecule has 0 saturated carbocycles. The fraction of sp³-hybridized carbons (Fsp3) is 0. The minimum atomic E-state index is -0.544. The van der Waals surface area contributed by atoms with Crippen LogP contribution in [0.15, 0.2) is 30.5 Å².